The van der Waals surface area contributed by atoms with Crippen LogP contribution in [0.25, 0.3) is 0 Å². The highest BCUT2D eigenvalue weighted by molar-refractivity contribution is 5.47. The molecule has 0 fully saturated rings. The Morgan fingerprint density at radius 1 is 1.20 bits per heavy atom. The summed E-state index contributed by atoms with van der Waals surface area (Å²) in [7, 11) is 4.04. The van der Waals surface area contributed by atoms with Crippen molar-refractivity contribution in [3.05, 3.63) is 24.3 Å². The fraction of sp³-hybridized carbons (Fsp3) is 0.385. The van der Waals surface area contributed by atoms with Crippen molar-refractivity contribution in [2.24, 2.45) is 0 Å². The summed E-state index contributed by atoms with van der Waals surface area (Å²) in [5.41, 5.74) is 1.18. The zero-order valence-electron chi connectivity index (χ0n) is 9.58. The van der Waals surface area contributed by atoms with Crippen LogP contribution in [0.1, 0.15) is 13.3 Å². The van der Waals surface area contributed by atoms with E-state index in [0.29, 0.717) is 6.61 Å². The van der Waals surface area contributed by atoms with Crippen LogP contribution in [0, 0.1) is 11.8 Å². The van der Waals surface area contributed by atoms with Crippen molar-refractivity contribution in [2.45, 2.75) is 13.3 Å². The second-order valence-electron chi connectivity index (χ2n) is 3.41. The second kappa shape index (κ2) is 5.98. The standard InChI is InChI=1S/C13H17NO/c1-4-5-6-11-15-13-9-7-12(8-10-13)14(2)3/h7-10H,6,11H2,1-3H3. The third-order valence-electron chi connectivity index (χ3n) is 2.03. The minimum atomic E-state index is 0.655. The first-order chi connectivity index (χ1) is 7.24. The molecule has 0 saturated carbocycles. The van der Waals surface area contributed by atoms with Crippen molar-refractivity contribution < 1.29 is 4.74 Å². The molecule has 2 heteroatoms. The summed E-state index contributed by atoms with van der Waals surface area (Å²) >= 11 is 0. The fourth-order valence-electron chi connectivity index (χ4n) is 1.19. The maximum Gasteiger partial charge on any atom is 0.119 e. The lowest BCUT2D eigenvalue weighted by molar-refractivity contribution is 0.327. The predicted molar refractivity (Wildman–Crippen MR) is 64.3 cm³/mol. The number of hydrogen-bond acceptors (Lipinski definition) is 2. The van der Waals surface area contributed by atoms with Gasteiger partial charge < -0.3 is 9.64 Å². The van der Waals surface area contributed by atoms with Crippen LogP contribution in [0.4, 0.5) is 5.69 Å². The molecule has 0 amide bonds. The molecule has 0 N–H and O–H groups in total. The third kappa shape index (κ3) is 3.95. The number of hydrogen-bond donors (Lipinski definition) is 0. The van der Waals surface area contributed by atoms with Gasteiger partial charge in [-0.25, -0.2) is 0 Å². The summed E-state index contributed by atoms with van der Waals surface area (Å²) < 4.78 is 5.52. The molecule has 0 heterocycles. The summed E-state index contributed by atoms with van der Waals surface area (Å²) in [4.78, 5) is 2.06. The molecule has 0 atom stereocenters. The Morgan fingerprint density at radius 2 is 1.87 bits per heavy atom. The van der Waals surface area contributed by atoms with Crippen LogP contribution < -0.4 is 9.64 Å². The van der Waals surface area contributed by atoms with Crippen molar-refractivity contribution in [1.82, 2.24) is 0 Å². The van der Waals surface area contributed by atoms with Crippen LogP contribution in [0.15, 0.2) is 24.3 Å². The van der Waals surface area contributed by atoms with E-state index in [2.05, 4.69) is 16.7 Å². The zero-order chi connectivity index (χ0) is 11.1. The van der Waals surface area contributed by atoms with Gasteiger partial charge in [-0.15, -0.1) is 11.8 Å². The third-order valence-corrected chi connectivity index (χ3v) is 2.03. The van der Waals surface area contributed by atoms with Crippen LogP contribution >= 0.6 is 0 Å². The van der Waals surface area contributed by atoms with E-state index < -0.39 is 0 Å². The Morgan fingerprint density at radius 3 is 2.40 bits per heavy atom. The molecule has 1 rings (SSSR count). The van der Waals surface area contributed by atoms with Crippen LogP contribution in [-0.4, -0.2) is 20.7 Å². The van der Waals surface area contributed by atoms with Crippen molar-refractivity contribution in [2.75, 3.05) is 25.6 Å². The molecule has 1 aromatic carbocycles. The molecule has 0 saturated heterocycles. The number of rotatable bonds is 4. The molecule has 0 bridgehead atoms. The van der Waals surface area contributed by atoms with E-state index in [9.17, 15) is 0 Å². The van der Waals surface area contributed by atoms with E-state index in [1.807, 2.05) is 45.3 Å². The number of benzene rings is 1. The van der Waals surface area contributed by atoms with Crippen molar-refractivity contribution in [3.8, 4) is 17.6 Å². The summed E-state index contributed by atoms with van der Waals surface area (Å²) in [6.45, 7) is 2.49. The van der Waals surface area contributed by atoms with Gasteiger partial charge in [0.1, 0.15) is 5.75 Å². The number of nitrogens with zero attached hydrogens (tertiary/aromatic N) is 1. The SMILES string of the molecule is CC#CCCOc1ccc(N(C)C)cc1. The molecule has 2 nitrogen and oxygen atoms in total. The fourth-order valence-corrected chi connectivity index (χ4v) is 1.19. The Kier molecular flexibility index (Phi) is 4.56. The summed E-state index contributed by atoms with van der Waals surface area (Å²) in [6, 6.07) is 8.05. The Labute approximate surface area is 91.9 Å². The molecule has 0 aliphatic rings. The van der Waals surface area contributed by atoms with Gasteiger partial charge in [0, 0.05) is 26.2 Å². The van der Waals surface area contributed by atoms with Crippen LogP contribution in [0.2, 0.25) is 0 Å². The first kappa shape index (κ1) is 11.5. The Balaban J connectivity index is 2.45. The zero-order valence-corrected chi connectivity index (χ0v) is 9.58. The molecule has 0 aromatic heterocycles. The monoisotopic (exact) mass is 203 g/mol. The minimum absolute atomic E-state index is 0.655. The maximum atomic E-state index is 5.52. The van der Waals surface area contributed by atoms with Gasteiger partial charge in [-0.05, 0) is 31.2 Å². The van der Waals surface area contributed by atoms with E-state index in [-0.39, 0.29) is 0 Å². The van der Waals surface area contributed by atoms with E-state index in [0.717, 1.165) is 12.2 Å². The van der Waals surface area contributed by atoms with Gasteiger partial charge in [0.05, 0.1) is 6.61 Å². The molecule has 80 valence electrons. The van der Waals surface area contributed by atoms with E-state index in [1.54, 1.807) is 0 Å². The van der Waals surface area contributed by atoms with Gasteiger partial charge in [-0.3, -0.25) is 0 Å². The number of ether oxygens (including phenoxy) is 1. The van der Waals surface area contributed by atoms with Gasteiger partial charge in [-0.1, -0.05) is 0 Å². The average Bonchev–Trinajstić information content (AvgIpc) is 2.25. The van der Waals surface area contributed by atoms with Gasteiger partial charge in [0.2, 0.25) is 0 Å². The predicted octanol–water partition coefficient (Wildman–Crippen LogP) is 2.54. The highest BCUT2D eigenvalue weighted by atomic mass is 16.5. The molecule has 0 aliphatic carbocycles. The molecular formula is C13H17NO. The van der Waals surface area contributed by atoms with Crippen LogP contribution in [0.5, 0.6) is 5.75 Å². The van der Waals surface area contributed by atoms with Gasteiger partial charge in [0.25, 0.3) is 0 Å². The van der Waals surface area contributed by atoms with Gasteiger partial charge in [0.15, 0.2) is 0 Å². The molecule has 1 aromatic rings. The first-order valence-corrected chi connectivity index (χ1v) is 5.04. The van der Waals surface area contributed by atoms with Crippen LogP contribution in [-0.2, 0) is 0 Å². The normalized spacial score (nSPS) is 9.00. The minimum Gasteiger partial charge on any atom is -0.493 e. The van der Waals surface area contributed by atoms with Gasteiger partial charge >= 0.3 is 0 Å². The Bertz CT molecular complexity index is 343. The molecule has 0 unspecified atom stereocenters. The lowest BCUT2D eigenvalue weighted by Crippen LogP contribution is -2.08. The average molecular weight is 203 g/mol. The molecular weight excluding hydrogens is 186 g/mol. The molecule has 0 spiro atoms. The lowest BCUT2D eigenvalue weighted by atomic mass is 10.3. The molecule has 15 heavy (non-hydrogen) atoms. The lowest BCUT2D eigenvalue weighted by Gasteiger charge is -2.12. The topological polar surface area (TPSA) is 12.5 Å². The highest BCUT2D eigenvalue weighted by Gasteiger charge is 1.95. The maximum absolute atomic E-state index is 5.52. The molecule has 0 radical (unpaired) electrons. The first-order valence-electron chi connectivity index (χ1n) is 5.04. The van der Waals surface area contributed by atoms with E-state index in [4.69, 9.17) is 4.74 Å². The summed E-state index contributed by atoms with van der Waals surface area (Å²) in [6.07, 6.45) is 0.784. The Hall–Kier alpha value is -1.62. The van der Waals surface area contributed by atoms with E-state index >= 15 is 0 Å². The smallest absolute Gasteiger partial charge is 0.119 e. The van der Waals surface area contributed by atoms with E-state index in [1.165, 1.54) is 5.69 Å². The quantitative estimate of drug-likeness (QED) is 0.551. The van der Waals surface area contributed by atoms with Gasteiger partial charge in [-0.2, -0.15) is 0 Å². The van der Waals surface area contributed by atoms with Crippen molar-refractivity contribution in [3.63, 3.8) is 0 Å². The second-order valence-corrected chi connectivity index (χ2v) is 3.41. The summed E-state index contributed by atoms with van der Waals surface area (Å²) in [5.74, 6) is 6.71. The largest absolute Gasteiger partial charge is 0.493 e. The van der Waals surface area contributed by atoms with Crippen molar-refractivity contribution >= 4 is 5.69 Å². The number of anilines is 1. The highest BCUT2D eigenvalue weighted by Crippen LogP contribution is 2.17. The summed E-state index contributed by atoms with van der Waals surface area (Å²) in [5, 5.41) is 0. The van der Waals surface area contributed by atoms with Crippen LogP contribution in [0.3, 0.4) is 0 Å². The molecule has 0 aliphatic heterocycles. The van der Waals surface area contributed by atoms with Crippen molar-refractivity contribution in [1.29, 1.82) is 0 Å².